The van der Waals surface area contributed by atoms with Gasteiger partial charge in [0, 0.05) is 23.7 Å². The fourth-order valence-corrected chi connectivity index (χ4v) is 4.85. The van der Waals surface area contributed by atoms with Crippen molar-refractivity contribution in [3.8, 4) is 0 Å². The molecule has 0 unspecified atom stereocenters. The number of likely N-dealkylation sites (tertiary alicyclic amines) is 1. The first kappa shape index (κ1) is 22.4. The van der Waals surface area contributed by atoms with Crippen LogP contribution < -0.4 is 5.32 Å². The standard InChI is InChI=1S/C29H31N3O2/c33-29(19-23-7-3-1-4-8-23)30-25-12-13-26-27(31-34-28(26)20-25)14-11-22-15-17-32(18-16-22)21-24-9-5-2-6-10-24/h1-10,12-13,20,22H,11,14-19,21H2,(H,30,33). The first-order chi connectivity index (χ1) is 16.7. The number of nitrogens with one attached hydrogen (secondary N) is 1. The highest BCUT2D eigenvalue weighted by molar-refractivity contribution is 5.94. The Morgan fingerprint density at radius 3 is 2.38 bits per heavy atom. The second-order valence-corrected chi connectivity index (χ2v) is 9.29. The van der Waals surface area contributed by atoms with E-state index in [1.807, 2.05) is 48.5 Å². The maximum Gasteiger partial charge on any atom is 0.228 e. The highest BCUT2D eigenvalue weighted by atomic mass is 16.5. The summed E-state index contributed by atoms with van der Waals surface area (Å²) in [4.78, 5) is 14.9. The topological polar surface area (TPSA) is 58.4 Å². The molecule has 5 nitrogen and oxygen atoms in total. The highest BCUT2D eigenvalue weighted by Gasteiger charge is 2.20. The number of piperidine rings is 1. The van der Waals surface area contributed by atoms with Crippen molar-refractivity contribution in [2.45, 2.75) is 38.6 Å². The van der Waals surface area contributed by atoms with Crippen molar-refractivity contribution in [2.24, 2.45) is 5.92 Å². The largest absolute Gasteiger partial charge is 0.356 e. The molecule has 1 aliphatic rings. The van der Waals surface area contributed by atoms with Gasteiger partial charge in [0.25, 0.3) is 0 Å². The van der Waals surface area contributed by atoms with Gasteiger partial charge in [0.1, 0.15) is 0 Å². The smallest absolute Gasteiger partial charge is 0.228 e. The SMILES string of the molecule is O=C(Cc1ccccc1)Nc1ccc2c(CCC3CCN(Cc4ccccc4)CC3)noc2c1. The van der Waals surface area contributed by atoms with E-state index in [0.717, 1.165) is 66.3 Å². The molecule has 1 fully saturated rings. The third-order valence-electron chi connectivity index (χ3n) is 6.78. The van der Waals surface area contributed by atoms with E-state index in [1.54, 1.807) is 0 Å². The minimum absolute atomic E-state index is 0.0381. The van der Waals surface area contributed by atoms with Gasteiger partial charge >= 0.3 is 0 Å². The number of benzene rings is 3. The van der Waals surface area contributed by atoms with Crippen LogP contribution in [0.4, 0.5) is 5.69 Å². The predicted molar refractivity (Wildman–Crippen MR) is 136 cm³/mol. The van der Waals surface area contributed by atoms with E-state index in [1.165, 1.54) is 18.4 Å². The van der Waals surface area contributed by atoms with Crippen LogP contribution in [0, 0.1) is 5.92 Å². The summed E-state index contributed by atoms with van der Waals surface area (Å²) >= 11 is 0. The molecule has 1 amide bonds. The maximum absolute atomic E-state index is 12.4. The van der Waals surface area contributed by atoms with E-state index in [9.17, 15) is 4.79 Å². The van der Waals surface area contributed by atoms with E-state index in [4.69, 9.17) is 4.52 Å². The Morgan fingerprint density at radius 2 is 1.65 bits per heavy atom. The average Bonchev–Trinajstić information content (AvgIpc) is 3.27. The number of fused-ring (bicyclic) bond motifs is 1. The molecule has 0 atom stereocenters. The molecule has 0 radical (unpaired) electrons. The molecule has 174 valence electrons. The third-order valence-corrected chi connectivity index (χ3v) is 6.78. The Balaban J connectivity index is 1.11. The van der Waals surface area contributed by atoms with Gasteiger partial charge in [-0.05, 0) is 68.0 Å². The van der Waals surface area contributed by atoms with Gasteiger partial charge in [-0.15, -0.1) is 0 Å². The lowest BCUT2D eigenvalue weighted by Crippen LogP contribution is -2.33. The number of hydrogen-bond acceptors (Lipinski definition) is 4. The Morgan fingerprint density at radius 1 is 0.941 bits per heavy atom. The lowest BCUT2D eigenvalue weighted by Gasteiger charge is -2.31. The fourth-order valence-electron chi connectivity index (χ4n) is 4.85. The zero-order valence-electron chi connectivity index (χ0n) is 19.5. The first-order valence-corrected chi connectivity index (χ1v) is 12.2. The fraction of sp³-hybridized carbons (Fsp3) is 0.310. The lowest BCUT2D eigenvalue weighted by atomic mass is 9.91. The van der Waals surface area contributed by atoms with Gasteiger partial charge in [0.05, 0.1) is 12.1 Å². The first-order valence-electron chi connectivity index (χ1n) is 12.2. The minimum atomic E-state index is -0.0381. The Bertz CT molecular complexity index is 1210. The molecule has 4 aromatic rings. The van der Waals surface area contributed by atoms with Crippen LogP contribution in [0.25, 0.3) is 11.0 Å². The molecular weight excluding hydrogens is 422 g/mol. The van der Waals surface area contributed by atoms with Gasteiger partial charge in [-0.1, -0.05) is 65.8 Å². The summed E-state index contributed by atoms with van der Waals surface area (Å²) in [5.74, 6) is 0.694. The highest BCUT2D eigenvalue weighted by Crippen LogP contribution is 2.27. The molecular formula is C29H31N3O2. The second kappa shape index (κ2) is 10.7. The van der Waals surface area contributed by atoms with Crippen LogP contribution in [0.15, 0.2) is 83.4 Å². The molecule has 0 spiro atoms. The van der Waals surface area contributed by atoms with Crippen molar-refractivity contribution in [2.75, 3.05) is 18.4 Å². The summed E-state index contributed by atoms with van der Waals surface area (Å²) < 4.78 is 5.60. The summed E-state index contributed by atoms with van der Waals surface area (Å²) in [6, 6.07) is 26.3. The number of aromatic nitrogens is 1. The number of carbonyl (C=O) groups is 1. The summed E-state index contributed by atoms with van der Waals surface area (Å²) in [5, 5.41) is 8.35. The van der Waals surface area contributed by atoms with Gasteiger partial charge in [0.2, 0.25) is 5.91 Å². The van der Waals surface area contributed by atoms with Crippen LogP contribution in [0.3, 0.4) is 0 Å². The van der Waals surface area contributed by atoms with Gasteiger partial charge in [-0.2, -0.15) is 0 Å². The van der Waals surface area contributed by atoms with E-state index < -0.39 is 0 Å². The molecule has 1 saturated heterocycles. The molecule has 0 bridgehead atoms. The third kappa shape index (κ3) is 5.72. The van der Waals surface area contributed by atoms with E-state index in [-0.39, 0.29) is 5.91 Å². The van der Waals surface area contributed by atoms with Crippen LogP contribution in [0.2, 0.25) is 0 Å². The van der Waals surface area contributed by atoms with E-state index >= 15 is 0 Å². The molecule has 3 aromatic carbocycles. The van der Waals surface area contributed by atoms with Gasteiger partial charge in [-0.3, -0.25) is 9.69 Å². The van der Waals surface area contributed by atoms with Gasteiger partial charge in [0.15, 0.2) is 5.58 Å². The second-order valence-electron chi connectivity index (χ2n) is 9.29. The molecule has 1 aliphatic heterocycles. The van der Waals surface area contributed by atoms with Gasteiger partial charge < -0.3 is 9.84 Å². The lowest BCUT2D eigenvalue weighted by molar-refractivity contribution is -0.115. The summed E-state index contributed by atoms with van der Waals surface area (Å²) in [5.41, 5.74) is 4.87. The number of hydrogen-bond donors (Lipinski definition) is 1. The van der Waals surface area contributed by atoms with Crippen molar-refractivity contribution >= 4 is 22.6 Å². The number of amides is 1. The maximum atomic E-state index is 12.4. The summed E-state index contributed by atoms with van der Waals surface area (Å²) in [6.45, 7) is 3.36. The number of carbonyl (C=O) groups excluding carboxylic acids is 1. The van der Waals surface area contributed by atoms with Crippen LogP contribution in [0.5, 0.6) is 0 Å². The van der Waals surface area contributed by atoms with Crippen LogP contribution in [-0.2, 0) is 24.2 Å². The normalized spacial score (nSPS) is 14.9. The zero-order chi connectivity index (χ0) is 23.2. The van der Waals surface area contributed by atoms with Gasteiger partial charge in [-0.25, -0.2) is 0 Å². The zero-order valence-corrected chi connectivity index (χ0v) is 19.5. The Kier molecular flexibility index (Phi) is 7.01. The van der Waals surface area contributed by atoms with E-state index in [2.05, 4.69) is 45.7 Å². The van der Waals surface area contributed by atoms with Crippen molar-refractivity contribution in [1.29, 1.82) is 0 Å². The van der Waals surface area contributed by atoms with Crippen molar-refractivity contribution in [3.63, 3.8) is 0 Å². The quantitative estimate of drug-likeness (QED) is 0.363. The number of rotatable bonds is 8. The van der Waals surface area contributed by atoms with Crippen LogP contribution in [0.1, 0.15) is 36.1 Å². The molecule has 5 heteroatoms. The molecule has 0 aliphatic carbocycles. The molecule has 0 saturated carbocycles. The van der Waals surface area contributed by atoms with Crippen LogP contribution in [-0.4, -0.2) is 29.1 Å². The molecule has 2 heterocycles. The number of anilines is 1. The van der Waals surface area contributed by atoms with Crippen molar-refractivity contribution in [1.82, 2.24) is 10.1 Å². The number of nitrogens with zero attached hydrogens (tertiary/aromatic N) is 2. The molecule has 1 N–H and O–H groups in total. The number of aryl methyl sites for hydroxylation is 1. The predicted octanol–water partition coefficient (Wildman–Crippen LogP) is 5.85. The monoisotopic (exact) mass is 453 g/mol. The minimum Gasteiger partial charge on any atom is -0.356 e. The van der Waals surface area contributed by atoms with Crippen molar-refractivity contribution in [3.05, 3.63) is 95.7 Å². The molecule has 34 heavy (non-hydrogen) atoms. The molecule has 5 rings (SSSR count). The van der Waals surface area contributed by atoms with Crippen LogP contribution >= 0.6 is 0 Å². The summed E-state index contributed by atoms with van der Waals surface area (Å²) in [6.07, 6.45) is 4.89. The van der Waals surface area contributed by atoms with Crippen molar-refractivity contribution < 1.29 is 9.32 Å². The Hall–Kier alpha value is -3.44. The average molecular weight is 454 g/mol. The summed E-state index contributed by atoms with van der Waals surface area (Å²) in [7, 11) is 0. The Labute approximate surface area is 200 Å². The molecule has 1 aromatic heterocycles. The van der Waals surface area contributed by atoms with E-state index in [0.29, 0.717) is 6.42 Å².